The zero-order valence-corrected chi connectivity index (χ0v) is 12.7. The molecule has 0 aromatic carbocycles. The SMILES string of the molecule is CN1CCN(CCOCCN2CCN(C)CC2)CC1. The van der Waals surface area contributed by atoms with Gasteiger partial charge in [-0.05, 0) is 14.1 Å². The van der Waals surface area contributed by atoms with E-state index in [0.29, 0.717) is 0 Å². The van der Waals surface area contributed by atoms with Gasteiger partial charge in [-0.15, -0.1) is 0 Å². The molecule has 0 spiro atoms. The molecule has 19 heavy (non-hydrogen) atoms. The van der Waals surface area contributed by atoms with E-state index in [2.05, 4.69) is 33.7 Å². The van der Waals surface area contributed by atoms with Crippen LogP contribution >= 0.6 is 0 Å². The molecule has 5 heteroatoms. The van der Waals surface area contributed by atoms with Crippen LogP contribution in [0.1, 0.15) is 0 Å². The molecule has 0 unspecified atom stereocenters. The topological polar surface area (TPSA) is 22.2 Å². The van der Waals surface area contributed by atoms with E-state index >= 15 is 0 Å². The van der Waals surface area contributed by atoms with E-state index in [0.717, 1.165) is 26.3 Å². The summed E-state index contributed by atoms with van der Waals surface area (Å²) >= 11 is 0. The Labute approximate surface area is 118 Å². The number of hydrogen-bond donors (Lipinski definition) is 0. The van der Waals surface area contributed by atoms with Gasteiger partial charge in [0.15, 0.2) is 0 Å². The summed E-state index contributed by atoms with van der Waals surface area (Å²) in [5, 5.41) is 0. The summed E-state index contributed by atoms with van der Waals surface area (Å²) in [6, 6.07) is 0. The first-order valence-corrected chi connectivity index (χ1v) is 7.63. The van der Waals surface area contributed by atoms with Crippen molar-refractivity contribution < 1.29 is 4.74 Å². The number of piperazine rings is 2. The van der Waals surface area contributed by atoms with Crippen molar-refractivity contribution in [2.75, 3.05) is 92.8 Å². The summed E-state index contributed by atoms with van der Waals surface area (Å²) < 4.78 is 5.78. The van der Waals surface area contributed by atoms with Crippen LogP contribution < -0.4 is 0 Å². The molecule has 2 rings (SSSR count). The fourth-order valence-electron chi connectivity index (χ4n) is 2.63. The van der Waals surface area contributed by atoms with Crippen LogP contribution in [0.2, 0.25) is 0 Å². The van der Waals surface area contributed by atoms with Gasteiger partial charge in [0.25, 0.3) is 0 Å². The lowest BCUT2D eigenvalue weighted by atomic mass is 10.3. The van der Waals surface area contributed by atoms with Gasteiger partial charge in [0, 0.05) is 65.4 Å². The van der Waals surface area contributed by atoms with Gasteiger partial charge in [-0.2, -0.15) is 0 Å². The molecule has 2 aliphatic heterocycles. The van der Waals surface area contributed by atoms with Gasteiger partial charge in [-0.1, -0.05) is 0 Å². The highest BCUT2D eigenvalue weighted by molar-refractivity contribution is 4.70. The number of hydrogen-bond acceptors (Lipinski definition) is 5. The lowest BCUT2D eigenvalue weighted by Crippen LogP contribution is -2.46. The van der Waals surface area contributed by atoms with Crippen molar-refractivity contribution >= 4 is 0 Å². The van der Waals surface area contributed by atoms with Gasteiger partial charge in [0.05, 0.1) is 13.2 Å². The molecule has 2 fully saturated rings. The summed E-state index contributed by atoms with van der Waals surface area (Å²) in [5.74, 6) is 0. The minimum Gasteiger partial charge on any atom is -0.379 e. The average Bonchev–Trinajstić information content (AvgIpc) is 2.43. The molecule has 0 aromatic rings. The Bertz CT molecular complexity index is 212. The Morgan fingerprint density at radius 2 is 1.00 bits per heavy atom. The van der Waals surface area contributed by atoms with Gasteiger partial charge in [-0.25, -0.2) is 0 Å². The first-order valence-electron chi connectivity index (χ1n) is 7.63. The number of nitrogens with zero attached hydrogens (tertiary/aromatic N) is 4. The maximum Gasteiger partial charge on any atom is 0.0594 e. The van der Waals surface area contributed by atoms with E-state index in [4.69, 9.17) is 4.74 Å². The molecule has 0 aliphatic carbocycles. The van der Waals surface area contributed by atoms with Crippen molar-refractivity contribution in [3.63, 3.8) is 0 Å². The van der Waals surface area contributed by atoms with Crippen LogP contribution in [0.5, 0.6) is 0 Å². The minimum atomic E-state index is 0.886. The van der Waals surface area contributed by atoms with Crippen LogP contribution in [0.25, 0.3) is 0 Å². The van der Waals surface area contributed by atoms with Crippen molar-refractivity contribution in [1.29, 1.82) is 0 Å². The van der Waals surface area contributed by atoms with E-state index in [1.807, 2.05) is 0 Å². The predicted molar refractivity (Wildman–Crippen MR) is 78.7 cm³/mol. The summed E-state index contributed by atoms with van der Waals surface area (Å²) in [6.45, 7) is 13.5. The molecule has 2 heterocycles. The monoisotopic (exact) mass is 270 g/mol. The zero-order chi connectivity index (χ0) is 13.5. The largest absolute Gasteiger partial charge is 0.379 e. The molecule has 0 saturated carbocycles. The third-order valence-corrected chi connectivity index (χ3v) is 4.30. The van der Waals surface area contributed by atoms with E-state index in [9.17, 15) is 0 Å². The summed E-state index contributed by atoms with van der Waals surface area (Å²) in [4.78, 5) is 9.81. The molecule has 0 aromatic heterocycles. The molecule has 0 radical (unpaired) electrons. The molecule has 2 aliphatic rings. The van der Waals surface area contributed by atoms with E-state index < -0.39 is 0 Å². The Hall–Kier alpha value is -0.200. The van der Waals surface area contributed by atoms with Crippen LogP contribution in [-0.2, 0) is 4.74 Å². The second kappa shape index (κ2) is 8.17. The number of likely N-dealkylation sites (N-methyl/N-ethyl adjacent to an activating group) is 2. The van der Waals surface area contributed by atoms with Crippen molar-refractivity contribution in [1.82, 2.24) is 19.6 Å². The van der Waals surface area contributed by atoms with E-state index in [1.165, 1.54) is 52.4 Å². The molecule has 0 bridgehead atoms. The molecule has 0 atom stereocenters. The van der Waals surface area contributed by atoms with Crippen molar-refractivity contribution in [2.24, 2.45) is 0 Å². The van der Waals surface area contributed by atoms with Gasteiger partial charge in [-0.3, -0.25) is 9.80 Å². The highest BCUT2D eigenvalue weighted by Gasteiger charge is 2.14. The van der Waals surface area contributed by atoms with Gasteiger partial charge < -0.3 is 14.5 Å². The van der Waals surface area contributed by atoms with Crippen LogP contribution in [0.4, 0.5) is 0 Å². The van der Waals surface area contributed by atoms with E-state index in [1.54, 1.807) is 0 Å². The lowest BCUT2D eigenvalue weighted by molar-refractivity contribution is 0.0586. The standard InChI is InChI=1S/C14H30N4O/c1-15-3-7-17(8-4-15)11-13-19-14-12-18-9-5-16(2)6-10-18/h3-14H2,1-2H3. The number of rotatable bonds is 6. The third-order valence-electron chi connectivity index (χ3n) is 4.30. The van der Waals surface area contributed by atoms with E-state index in [-0.39, 0.29) is 0 Å². The smallest absolute Gasteiger partial charge is 0.0594 e. The summed E-state index contributed by atoms with van der Waals surface area (Å²) in [7, 11) is 4.40. The highest BCUT2D eigenvalue weighted by atomic mass is 16.5. The van der Waals surface area contributed by atoms with Crippen LogP contribution in [0, 0.1) is 0 Å². The Morgan fingerprint density at radius 1 is 0.632 bits per heavy atom. The van der Waals surface area contributed by atoms with Crippen LogP contribution in [0.15, 0.2) is 0 Å². The third kappa shape index (κ3) is 5.75. The van der Waals surface area contributed by atoms with Crippen molar-refractivity contribution in [3.8, 4) is 0 Å². The molecule has 0 amide bonds. The molecular formula is C14H30N4O. The predicted octanol–water partition coefficient (Wildman–Crippen LogP) is -0.502. The normalized spacial score (nSPS) is 24.9. The fourth-order valence-corrected chi connectivity index (χ4v) is 2.63. The number of ether oxygens (including phenoxy) is 1. The molecule has 5 nitrogen and oxygen atoms in total. The summed E-state index contributed by atoms with van der Waals surface area (Å²) in [5.41, 5.74) is 0. The Kier molecular flexibility index (Phi) is 6.53. The van der Waals surface area contributed by atoms with Crippen molar-refractivity contribution in [2.45, 2.75) is 0 Å². The molecular weight excluding hydrogens is 240 g/mol. The lowest BCUT2D eigenvalue weighted by Gasteiger charge is -2.33. The molecule has 112 valence electrons. The zero-order valence-electron chi connectivity index (χ0n) is 12.7. The molecule has 2 saturated heterocycles. The van der Waals surface area contributed by atoms with Crippen LogP contribution in [0.3, 0.4) is 0 Å². The maximum absolute atomic E-state index is 5.78. The summed E-state index contributed by atoms with van der Waals surface area (Å²) in [6.07, 6.45) is 0. The average molecular weight is 270 g/mol. The second-order valence-electron chi connectivity index (χ2n) is 5.90. The molecule has 0 N–H and O–H groups in total. The van der Waals surface area contributed by atoms with Crippen LogP contribution in [-0.4, -0.2) is 112 Å². The van der Waals surface area contributed by atoms with Gasteiger partial charge in [0.1, 0.15) is 0 Å². The Balaban J connectivity index is 1.44. The minimum absolute atomic E-state index is 0.886. The van der Waals surface area contributed by atoms with Gasteiger partial charge >= 0.3 is 0 Å². The first-order chi connectivity index (χ1) is 9.24. The first kappa shape index (κ1) is 15.2. The maximum atomic E-state index is 5.78. The van der Waals surface area contributed by atoms with Gasteiger partial charge in [0.2, 0.25) is 0 Å². The van der Waals surface area contributed by atoms with Crippen molar-refractivity contribution in [3.05, 3.63) is 0 Å². The quantitative estimate of drug-likeness (QED) is 0.605. The highest BCUT2D eigenvalue weighted by Crippen LogP contribution is 2.00. The fraction of sp³-hybridized carbons (Fsp3) is 1.00. The second-order valence-corrected chi connectivity index (χ2v) is 5.90. The Morgan fingerprint density at radius 3 is 1.37 bits per heavy atom.